The quantitative estimate of drug-likeness (QED) is 0.757. The van der Waals surface area contributed by atoms with Gasteiger partial charge in [-0.25, -0.2) is 0 Å². The molecule has 1 aromatic rings. The van der Waals surface area contributed by atoms with E-state index >= 15 is 0 Å². The van der Waals surface area contributed by atoms with Crippen molar-refractivity contribution in [1.29, 1.82) is 0 Å². The van der Waals surface area contributed by atoms with Gasteiger partial charge in [0, 0.05) is 6.04 Å². The van der Waals surface area contributed by atoms with Crippen LogP contribution in [0.5, 0.6) is 0 Å². The fourth-order valence-electron chi connectivity index (χ4n) is 1.91. The SMILES string of the molecule is CCCc1ccc(CC(N)CCC)cc1. The van der Waals surface area contributed by atoms with Crippen molar-refractivity contribution in [2.75, 3.05) is 0 Å². The predicted molar refractivity (Wildman–Crippen MR) is 67.0 cm³/mol. The number of rotatable bonds is 6. The summed E-state index contributed by atoms with van der Waals surface area (Å²) < 4.78 is 0. The Morgan fingerprint density at radius 3 is 2.13 bits per heavy atom. The molecule has 0 fully saturated rings. The van der Waals surface area contributed by atoms with Gasteiger partial charge >= 0.3 is 0 Å². The molecule has 1 nitrogen and oxygen atoms in total. The highest BCUT2D eigenvalue weighted by Gasteiger charge is 2.02. The monoisotopic (exact) mass is 205 g/mol. The summed E-state index contributed by atoms with van der Waals surface area (Å²) in [5.74, 6) is 0. The van der Waals surface area contributed by atoms with Crippen LogP contribution >= 0.6 is 0 Å². The first-order chi connectivity index (χ1) is 7.26. The minimum Gasteiger partial charge on any atom is -0.327 e. The number of benzene rings is 1. The van der Waals surface area contributed by atoms with E-state index in [1.807, 2.05) is 0 Å². The Kier molecular flexibility index (Phi) is 5.41. The lowest BCUT2D eigenvalue weighted by atomic mass is 10.0. The standard InChI is InChI=1S/C14H23N/c1-3-5-12-7-9-13(10-8-12)11-14(15)6-4-2/h7-10,14H,3-6,11,15H2,1-2H3. The van der Waals surface area contributed by atoms with E-state index in [4.69, 9.17) is 5.73 Å². The van der Waals surface area contributed by atoms with Crippen LogP contribution in [0.25, 0.3) is 0 Å². The molecule has 0 amide bonds. The molecule has 15 heavy (non-hydrogen) atoms. The average molecular weight is 205 g/mol. The number of aryl methyl sites for hydroxylation is 1. The predicted octanol–water partition coefficient (Wildman–Crippen LogP) is 3.31. The van der Waals surface area contributed by atoms with Crippen LogP contribution in [0.15, 0.2) is 24.3 Å². The maximum atomic E-state index is 6.01. The number of hydrogen-bond acceptors (Lipinski definition) is 1. The summed E-state index contributed by atoms with van der Waals surface area (Å²) in [6, 6.07) is 9.24. The first-order valence-corrected chi connectivity index (χ1v) is 6.09. The van der Waals surface area contributed by atoms with Crippen molar-refractivity contribution >= 4 is 0 Å². The summed E-state index contributed by atoms with van der Waals surface area (Å²) in [5.41, 5.74) is 8.82. The highest BCUT2D eigenvalue weighted by Crippen LogP contribution is 2.09. The molecule has 1 atom stereocenters. The Hall–Kier alpha value is -0.820. The normalized spacial score (nSPS) is 12.7. The van der Waals surface area contributed by atoms with Crippen LogP contribution in [-0.4, -0.2) is 6.04 Å². The summed E-state index contributed by atoms with van der Waals surface area (Å²) in [6.07, 6.45) is 5.71. The van der Waals surface area contributed by atoms with Crippen LogP contribution in [0.4, 0.5) is 0 Å². The molecule has 0 aromatic heterocycles. The number of nitrogens with two attached hydrogens (primary N) is 1. The van der Waals surface area contributed by atoms with Gasteiger partial charge in [0.25, 0.3) is 0 Å². The van der Waals surface area contributed by atoms with Crippen LogP contribution in [0.1, 0.15) is 44.2 Å². The van der Waals surface area contributed by atoms with E-state index in [0.29, 0.717) is 6.04 Å². The smallest absolute Gasteiger partial charge is 0.00792 e. The molecule has 0 aliphatic rings. The molecule has 0 aliphatic heterocycles. The molecule has 0 saturated carbocycles. The van der Waals surface area contributed by atoms with Crippen molar-refractivity contribution < 1.29 is 0 Å². The van der Waals surface area contributed by atoms with Gasteiger partial charge in [0.15, 0.2) is 0 Å². The van der Waals surface area contributed by atoms with E-state index < -0.39 is 0 Å². The first kappa shape index (κ1) is 12.3. The average Bonchev–Trinajstić information content (AvgIpc) is 2.22. The van der Waals surface area contributed by atoms with E-state index in [2.05, 4.69) is 38.1 Å². The van der Waals surface area contributed by atoms with Gasteiger partial charge in [-0.2, -0.15) is 0 Å². The van der Waals surface area contributed by atoms with Crippen molar-refractivity contribution in [3.8, 4) is 0 Å². The fraction of sp³-hybridized carbons (Fsp3) is 0.571. The van der Waals surface area contributed by atoms with Gasteiger partial charge in [-0.3, -0.25) is 0 Å². The molecule has 1 heteroatoms. The van der Waals surface area contributed by atoms with Gasteiger partial charge in [0.2, 0.25) is 0 Å². The second-order valence-electron chi connectivity index (χ2n) is 4.32. The molecule has 1 rings (SSSR count). The summed E-state index contributed by atoms with van der Waals surface area (Å²) in [7, 11) is 0. The zero-order chi connectivity index (χ0) is 11.1. The maximum Gasteiger partial charge on any atom is 0.00792 e. The largest absolute Gasteiger partial charge is 0.327 e. The minimum absolute atomic E-state index is 0.326. The van der Waals surface area contributed by atoms with Gasteiger partial charge < -0.3 is 5.73 Å². The third-order valence-electron chi connectivity index (χ3n) is 2.72. The highest BCUT2D eigenvalue weighted by molar-refractivity contribution is 5.23. The van der Waals surface area contributed by atoms with E-state index in [9.17, 15) is 0 Å². The summed E-state index contributed by atoms with van der Waals surface area (Å²) in [6.45, 7) is 4.40. The highest BCUT2D eigenvalue weighted by atomic mass is 14.6. The van der Waals surface area contributed by atoms with Crippen LogP contribution in [0, 0.1) is 0 Å². The molecule has 0 aliphatic carbocycles. The first-order valence-electron chi connectivity index (χ1n) is 6.09. The number of hydrogen-bond donors (Lipinski definition) is 1. The maximum absolute atomic E-state index is 6.01. The molecule has 0 spiro atoms. The third-order valence-corrected chi connectivity index (χ3v) is 2.72. The van der Waals surface area contributed by atoms with Crippen molar-refractivity contribution in [3.05, 3.63) is 35.4 Å². The van der Waals surface area contributed by atoms with Crippen molar-refractivity contribution in [3.63, 3.8) is 0 Å². The Morgan fingerprint density at radius 1 is 1.00 bits per heavy atom. The fourth-order valence-corrected chi connectivity index (χ4v) is 1.91. The van der Waals surface area contributed by atoms with Crippen molar-refractivity contribution in [1.82, 2.24) is 0 Å². The molecule has 0 bridgehead atoms. The van der Waals surface area contributed by atoms with E-state index in [-0.39, 0.29) is 0 Å². The summed E-state index contributed by atoms with van der Waals surface area (Å²) in [4.78, 5) is 0. The lowest BCUT2D eigenvalue weighted by Crippen LogP contribution is -2.22. The van der Waals surface area contributed by atoms with Crippen LogP contribution in [-0.2, 0) is 12.8 Å². The zero-order valence-corrected chi connectivity index (χ0v) is 10.00. The van der Waals surface area contributed by atoms with Crippen LogP contribution < -0.4 is 5.73 Å². The Bertz CT molecular complexity index is 263. The molecule has 2 N–H and O–H groups in total. The molecular formula is C14H23N. The lowest BCUT2D eigenvalue weighted by molar-refractivity contribution is 0.600. The van der Waals surface area contributed by atoms with E-state index in [0.717, 1.165) is 12.8 Å². The van der Waals surface area contributed by atoms with Gasteiger partial charge in [-0.1, -0.05) is 51.0 Å². The van der Waals surface area contributed by atoms with E-state index in [1.165, 1.54) is 30.4 Å². The van der Waals surface area contributed by atoms with Gasteiger partial charge in [0.05, 0.1) is 0 Å². The van der Waals surface area contributed by atoms with E-state index in [1.54, 1.807) is 0 Å². The Balaban J connectivity index is 2.48. The zero-order valence-electron chi connectivity index (χ0n) is 10.00. The molecule has 0 radical (unpaired) electrons. The molecule has 1 aromatic carbocycles. The molecule has 84 valence electrons. The second-order valence-corrected chi connectivity index (χ2v) is 4.32. The molecule has 0 saturated heterocycles. The Morgan fingerprint density at radius 2 is 1.60 bits per heavy atom. The molecule has 0 heterocycles. The third kappa shape index (κ3) is 4.48. The van der Waals surface area contributed by atoms with Crippen LogP contribution in [0.2, 0.25) is 0 Å². The summed E-state index contributed by atoms with van der Waals surface area (Å²) >= 11 is 0. The minimum atomic E-state index is 0.326. The van der Waals surface area contributed by atoms with Gasteiger partial charge in [-0.05, 0) is 30.4 Å². The van der Waals surface area contributed by atoms with Crippen LogP contribution in [0.3, 0.4) is 0 Å². The topological polar surface area (TPSA) is 26.0 Å². The molecule has 1 unspecified atom stereocenters. The molecular weight excluding hydrogens is 182 g/mol. The second kappa shape index (κ2) is 6.62. The lowest BCUT2D eigenvalue weighted by Gasteiger charge is -2.10. The Labute approximate surface area is 93.7 Å². The van der Waals surface area contributed by atoms with Crippen molar-refractivity contribution in [2.24, 2.45) is 5.73 Å². The van der Waals surface area contributed by atoms with Gasteiger partial charge in [0.1, 0.15) is 0 Å². The van der Waals surface area contributed by atoms with Crippen molar-refractivity contribution in [2.45, 2.75) is 52.0 Å². The summed E-state index contributed by atoms with van der Waals surface area (Å²) in [5, 5.41) is 0. The van der Waals surface area contributed by atoms with Gasteiger partial charge in [-0.15, -0.1) is 0 Å².